The van der Waals surface area contributed by atoms with E-state index in [-0.39, 0.29) is 32.3 Å². The molecule has 9 heteroatoms. The van der Waals surface area contributed by atoms with Crippen molar-refractivity contribution in [1.29, 1.82) is 0 Å². The summed E-state index contributed by atoms with van der Waals surface area (Å²) in [4.78, 5) is 30.7. The fourth-order valence-corrected chi connectivity index (χ4v) is 4.49. The van der Waals surface area contributed by atoms with Crippen molar-refractivity contribution in [3.05, 3.63) is 109 Å². The second-order valence-corrected chi connectivity index (χ2v) is 8.77. The molecule has 2 aromatic rings. The van der Waals surface area contributed by atoms with Crippen molar-refractivity contribution in [2.45, 2.75) is 0 Å². The van der Waals surface area contributed by atoms with Crippen LogP contribution in [-0.4, -0.2) is 51.8 Å². The fourth-order valence-electron chi connectivity index (χ4n) is 4.49. The SMILES string of the molecule is COC(=O)[CH][CH]C(=O)OC.COc1ccc(N=C2C3=CC=CC4=CC=CC(C2=Nc2ccc(OC)cc2)C43)cc1.[Pd]. The number of nitrogens with zero attached hydrogens (tertiary/aromatic N) is 2. The minimum absolute atomic E-state index is 0. The van der Waals surface area contributed by atoms with Gasteiger partial charge in [0.15, 0.2) is 0 Å². The van der Waals surface area contributed by atoms with Crippen molar-refractivity contribution < 1.29 is 49.0 Å². The second kappa shape index (κ2) is 15.1. The van der Waals surface area contributed by atoms with Crippen LogP contribution in [0.2, 0.25) is 0 Å². The van der Waals surface area contributed by atoms with Crippen molar-refractivity contribution >= 4 is 34.7 Å². The van der Waals surface area contributed by atoms with Gasteiger partial charge >= 0.3 is 11.9 Å². The van der Waals surface area contributed by atoms with E-state index in [0.717, 1.165) is 47.1 Å². The van der Waals surface area contributed by atoms with Crippen LogP contribution in [-0.2, 0) is 39.5 Å². The molecule has 0 aliphatic heterocycles. The number of methoxy groups -OCH3 is 4. The summed E-state index contributed by atoms with van der Waals surface area (Å²) in [7, 11) is 5.79. The van der Waals surface area contributed by atoms with Crippen LogP contribution >= 0.6 is 0 Å². The fraction of sp³-hybridized carbons (Fsp3) is 0.188. The van der Waals surface area contributed by atoms with Gasteiger partial charge in [0.25, 0.3) is 0 Å². The Morgan fingerprint density at radius 3 is 1.78 bits per heavy atom. The molecule has 2 unspecified atom stereocenters. The van der Waals surface area contributed by atoms with Gasteiger partial charge < -0.3 is 18.9 Å². The Kier molecular flexibility index (Phi) is 11.6. The molecule has 41 heavy (non-hydrogen) atoms. The molecular formula is C32H30N2O6Pd. The number of hydrogen-bond donors (Lipinski definition) is 0. The Morgan fingerprint density at radius 1 is 0.732 bits per heavy atom. The number of benzene rings is 2. The van der Waals surface area contributed by atoms with Gasteiger partial charge in [-0.2, -0.15) is 0 Å². The number of carbonyl (C=O) groups excluding carboxylic acids is 2. The molecule has 8 nitrogen and oxygen atoms in total. The molecule has 2 aromatic carbocycles. The Labute approximate surface area is 253 Å². The number of esters is 2. The Balaban J connectivity index is 0.000000363. The molecular weight excluding hydrogens is 615 g/mol. The molecule has 214 valence electrons. The molecule has 0 amide bonds. The zero-order valence-corrected chi connectivity index (χ0v) is 24.6. The van der Waals surface area contributed by atoms with E-state index in [1.165, 1.54) is 25.4 Å². The first-order valence-electron chi connectivity index (χ1n) is 12.5. The predicted octanol–water partition coefficient (Wildman–Crippen LogP) is 5.53. The van der Waals surface area contributed by atoms with Gasteiger partial charge in [0.2, 0.25) is 0 Å². The topological polar surface area (TPSA) is 95.8 Å². The zero-order chi connectivity index (χ0) is 28.5. The molecule has 2 atom stereocenters. The summed E-state index contributed by atoms with van der Waals surface area (Å²) in [6, 6.07) is 15.7. The molecule has 0 N–H and O–H groups in total. The quantitative estimate of drug-likeness (QED) is 0.291. The van der Waals surface area contributed by atoms with Crippen molar-refractivity contribution in [3.63, 3.8) is 0 Å². The van der Waals surface area contributed by atoms with Gasteiger partial charge in [-0.1, -0.05) is 36.5 Å². The molecule has 3 aliphatic carbocycles. The van der Waals surface area contributed by atoms with Gasteiger partial charge in [-0.3, -0.25) is 14.6 Å². The number of ether oxygens (including phenoxy) is 4. The van der Waals surface area contributed by atoms with Gasteiger partial charge in [0.05, 0.1) is 64.1 Å². The molecule has 1 saturated carbocycles. The number of allylic oxidation sites excluding steroid dienone is 8. The molecule has 3 aliphatic rings. The third kappa shape index (κ3) is 7.78. The number of carbonyl (C=O) groups is 2. The largest absolute Gasteiger partial charge is 0.497 e. The van der Waals surface area contributed by atoms with Gasteiger partial charge in [-0.05, 0) is 59.7 Å². The molecule has 0 spiro atoms. The normalized spacial score (nSPS) is 19.6. The summed E-state index contributed by atoms with van der Waals surface area (Å²) < 4.78 is 19.0. The third-order valence-electron chi connectivity index (χ3n) is 6.45. The summed E-state index contributed by atoms with van der Waals surface area (Å²) in [5.41, 5.74) is 6.26. The smallest absolute Gasteiger partial charge is 0.310 e. The molecule has 0 heterocycles. The van der Waals surface area contributed by atoms with E-state index < -0.39 is 11.9 Å². The van der Waals surface area contributed by atoms with Crippen molar-refractivity contribution in [3.8, 4) is 11.5 Å². The van der Waals surface area contributed by atoms with Gasteiger partial charge in [-0.15, -0.1) is 0 Å². The van der Waals surface area contributed by atoms with Crippen molar-refractivity contribution in [2.24, 2.45) is 21.8 Å². The van der Waals surface area contributed by atoms with Crippen LogP contribution in [0.15, 0.2) is 106 Å². The Morgan fingerprint density at radius 2 is 1.27 bits per heavy atom. The first kappa shape index (κ1) is 31.5. The molecule has 5 rings (SSSR count). The van der Waals surface area contributed by atoms with Crippen LogP contribution in [0, 0.1) is 24.7 Å². The number of hydrogen-bond acceptors (Lipinski definition) is 8. The molecule has 2 radical (unpaired) electrons. The van der Waals surface area contributed by atoms with Gasteiger partial charge in [0, 0.05) is 32.3 Å². The van der Waals surface area contributed by atoms with E-state index in [2.05, 4.69) is 45.9 Å². The van der Waals surface area contributed by atoms with E-state index in [0.29, 0.717) is 0 Å². The molecule has 0 bridgehead atoms. The summed E-state index contributed by atoms with van der Waals surface area (Å²) in [6.45, 7) is 0. The van der Waals surface area contributed by atoms with E-state index in [1.807, 2.05) is 48.5 Å². The van der Waals surface area contributed by atoms with E-state index in [9.17, 15) is 9.59 Å². The summed E-state index contributed by atoms with van der Waals surface area (Å²) in [5, 5.41) is 0. The Hall–Kier alpha value is -4.06. The summed E-state index contributed by atoms with van der Waals surface area (Å²) in [6.07, 6.45) is 15.0. The molecule has 0 aromatic heterocycles. The van der Waals surface area contributed by atoms with Crippen molar-refractivity contribution in [1.82, 2.24) is 0 Å². The van der Waals surface area contributed by atoms with Crippen LogP contribution < -0.4 is 9.47 Å². The van der Waals surface area contributed by atoms with Gasteiger partial charge in [-0.25, -0.2) is 4.99 Å². The predicted molar refractivity (Wildman–Crippen MR) is 154 cm³/mol. The van der Waals surface area contributed by atoms with Gasteiger partial charge in [0.1, 0.15) is 11.5 Å². The van der Waals surface area contributed by atoms with Crippen LogP contribution in [0.5, 0.6) is 11.5 Å². The first-order chi connectivity index (χ1) is 19.5. The van der Waals surface area contributed by atoms with Crippen LogP contribution in [0.3, 0.4) is 0 Å². The van der Waals surface area contributed by atoms with E-state index >= 15 is 0 Å². The van der Waals surface area contributed by atoms with Crippen LogP contribution in [0.4, 0.5) is 11.4 Å². The standard InChI is InChI=1S/C26H22N2O2.C6H8O4.Pd/c1-29-20-13-9-18(10-14-20)27-25-22-7-3-5-17-6-4-8-23(24(17)22)26(25)28-19-11-15-21(30-2)16-12-19;1-9-5(7)3-4-6(8)10-2;/h3-16,22,24H,1-2H3;3-4H,1-2H3;. The minimum Gasteiger partial charge on any atom is -0.497 e. The first-order valence-corrected chi connectivity index (χ1v) is 12.5. The molecule has 1 fully saturated rings. The number of aliphatic imine (C=N–C) groups is 2. The minimum atomic E-state index is -0.578. The Bertz CT molecular complexity index is 1400. The monoisotopic (exact) mass is 644 g/mol. The van der Waals surface area contributed by atoms with Crippen LogP contribution in [0.25, 0.3) is 0 Å². The number of rotatable bonds is 7. The van der Waals surface area contributed by atoms with Crippen LogP contribution in [0.1, 0.15) is 0 Å². The van der Waals surface area contributed by atoms with E-state index in [4.69, 9.17) is 19.5 Å². The average Bonchev–Trinajstić information content (AvgIpc) is 3.30. The maximum Gasteiger partial charge on any atom is 0.310 e. The third-order valence-corrected chi connectivity index (χ3v) is 6.45. The van der Waals surface area contributed by atoms with Crippen molar-refractivity contribution in [2.75, 3.05) is 28.4 Å². The molecule has 0 saturated heterocycles. The zero-order valence-electron chi connectivity index (χ0n) is 23.1. The second-order valence-electron chi connectivity index (χ2n) is 8.77. The van der Waals surface area contributed by atoms with E-state index in [1.54, 1.807) is 14.2 Å². The maximum atomic E-state index is 10.3. The average molecular weight is 645 g/mol. The maximum absolute atomic E-state index is 10.3. The summed E-state index contributed by atoms with van der Waals surface area (Å²) >= 11 is 0. The summed E-state index contributed by atoms with van der Waals surface area (Å²) in [5.74, 6) is 0.935.